The van der Waals surface area contributed by atoms with Crippen LogP contribution in [0, 0.1) is 0 Å². The summed E-state index contributed by atoms with van der Waals surface area (Å²) in [6, 6.07) is 11.3. The number of benzene rings is 2. The van der Waals surface area contributed by atoms with Crippen LogP contribution in [0.2, 0.25) is 10.0 Å². The number of hydrogen-bond acceptors (Lipinski definition) is 3. The number of ether oxygens (including phenoxy) is 1. The molecule has 118 valence electrons. The van der Waals surface area contributed by atoms with Crippen LogP contribution in [-0.4, -0.2) is 22.1 Å². The minimum atomic E-state index is -3.55. The van der Waals surface area contributed by atoms with Crippen molar-refractivity contribution in [2.75, 3.05) is 13.7 Å². The van der Waals surface area contributed by atoms with Gasteiger partial charge >= 0.3 is 0 Å². The van der Waals surface area contributed by atoms with E-state index in [-0.39, 0.29) is 11.4 Å². The summed E-state index contributed by atoms with van der Waals surface area (Å²) in [7, 11) is -2.03. The Bertz CT molecular complexity index is 746. The first-order chi connectivity index (χ1) is 10.4. The maximum Gasteiger partial charge on any atom is 0.240 e. The lowest BCUT2D eigenvalue weighted by atomic mass is 10.1. The minimum absolute atomic E-state index is 0.190. The number of nitrogens with one attached hydrogen (secondary N) is 1. The molecule has 0 saturated carbocycles. The highest BCUT2D eigenvalue weighted by molar-refractivity contribution is 7.89. The molecule has 2 aromatic rings. The zero-order chi connectivity index (χ0) is 16.2. The molecule has 0 heterocycles. The van der Waals surface area contributed by atoms with E-state index in [9.17, 15) is 8.42 Å². The van der Waals surface area contributed by atoms with E-state index in [1.165, 1.54) is 19.2 Å². The van der Waals surface area contributed by atoms with Crippen LogP contribution in [0.15, 0.2) is 47.4 Å². The summed E-state index contributed by atoms with van der Waals surface area (Å²) in [5.41, 5.74) is 0.837. The molecule has 0 amide bonds. The molecule has 0 radical (unpaired) electrons. The highest BCUT2D eigenvalue weighted by atomic mass is 35.5. The first-order valence-electron chi connectivity index (χ1n) is 6.50. The summed E-state index contributed by atoms with van der Waals surface area (Å²) in [5.74, 6) is 0.604. The molecule has 0 aromatic heterocycles. The van der Waals surface area contributed by atoms with Crippen LogP contribution in [0.5, 0.6) is 5.75 Å². The molecule has 4 nitrogen and oxygen atoms in total. The zero-order valence-electron chi connectivity index (χ0n) is 11.8. The van der Waals surface area contributed by atoms with Gasteiger partial charge in [0.05, 0.1) is 12.0 Å². The molecule has 0 unspecified atom stereocenters. The second-order valence-corrected chi connectivity index (χ2v) is 7.17. The summed E-state index contributed by atoms with van der Waals surface area (Å²) in [4.78, 5) is 0.190. The molecular formula is C15H15Cl2NO3S. The van der Waals surface area contributed by atoms with Crippen molar-refractivity contribution >= 4 is 33.2 Å². The van der Waals surface area contributed by atoms with E-state index in [2.05, 4.69) is 4.72 Å². The third-order valence-electron chi connectivity index (χ3n) is 3.07. The molecule has 22 heavy (non-hydrogen) atoms. The van der Waals surface area contributed by atoms with Gasteiger partial charge in [-0.2, -0.15) is 0 Å². The van der Waals surface area contributed by atoms with Gasteiger partial charge in [0, 0.05) is 16.6 Å². The van der Waals surface area contributed by atoms with Crippen LogP contribution < -0.4 is 9.46 Å². The Morgan fingerprint density at radius 1 is 1.09 bits per heavy atom. The van der Waals surface area contributed by atoms with E-state index < -0.39 is 10.0 Å². The third-order valence-corrected chi connectivity index (χ3v) is 5.14. The summed E-state index contributed by atoms with van der Waals surface area (Å²) in [5, 5.41) is 1.07. The van der Waals surface area contributed by atoms with Crippen molar-refractivity contribution in [2.45, 2.75) is 11.3 Å². The Morgan fingerprint density at radius 2 is 1.77 bits per heavy atom. The summed E-state index contributed by atoms with van der Waals surface area (Å²) >= 11 is 11.9. The molecule has 0 saturated heterocycles. The minimum Gasteiger partial charge on any atom is -0.497 e. The molecule has 0 aliphatic rings. The van der Waals surface area contributed by atoms with E-state index >= 15 is 0 Å². The lowest BCUT2D eigenvalue weighted by Gasteiger charge is -2.08. The fourth-order valence-electron chi connectivity index (χ4n) is 1.88. The molecular weight excluding hydrogens is 345 g/mol. The predicted molar refractivity (Wildman–Crippen MR) is 88.3 cm³/mol. The van der Waals surface area contributed by atoms with Gasteiger partial charge in [0.2, 0.25) is 10.0 Å². The van der Waals surface area contributed by atoms with Crippen molar-refractivity contribution in [3.05, 3.63) is 58.1 Å². The predicted octanol–water partition coefficient (Wildman–Crippen LogP) is 3.52. The van der Waals surface area contributed by atoms with Crippen LogP contribution >= 0.6 is 23.2 Å². The molecule has 2 aromatic carbocycles. The van der Waals surface area contributed by atoms with Crippen molar-refractivity contribution in [3.63, 3.8) is 0 Å². The second kappa shape index (κ2) is 7.33. The molecule has 0 spiro atoms. The van der Waals surface area contributed by atoms with Crippen LogP contribution in [0.25, 0.3) is 0 Å². The van der Waals surface area contributed by atoms with Gasteiger partial charge in [-0.15, -0.1) is 0 Å². The number of methoxy groups -OCH3 is 1. The first-order valence-corrected chi connectivity index (χ1v) is 8.74. The van der Waals surface area contributed by atoms with Crippen molar-refractivity contribution in [3.8, 4) is 5.75 Å². The Morgan fingerprint density at radius 3 is 2.36 bits per heavy atom. The number of hydrogen-bond donors (Lipinski definition) is 1. The SMILES string of the molecule is COc1ccc(S(=O)(=O)NCCc2ccc(Cl)cc2Cl)cc1. The van der Waals surface area contributed by atoms with Crippen LogP contribution in [-0.2, 0) is 16.4 Å². The molecule has 7 heteroatoms. The number of rotatable bonds is 6. The van der Waals surface area contributed by atoms with Crippen molar-refractivity contribution < 1.29 is 13.2 Å². The molecule has 2 rings (SSSR count). The Balaban J connectivity index is 2.00. The fraction of sp³-hybridized carbons (Fsp3) is 0.200. The van der Waals surface area contributed by atoms with Gasteiger partial charge in [-0.25, -0.2) is 13.1 Å². The van der Waals surface area contributed by atoms with Gasteiger partial charge in [0.1, 0.15) is 5.75 Å². The van der Waals surface area contributed by atoms with Gasteiger partial charge in [0.25, 0.3) is 0 Å². The summed E-state index contributed by atoms with van der Waals surface area (Å²) in [6.07, 6.45) is 0.478. The maximum absolute atomic E-state index is 12.2. The fourth-order valence-corrected chi connectivity index (χ4v) is 3.42. The van der Waals surface area contributed by atoms with Gasteiger partial charge in [-0.3, -0.25) is 0 Å². The zero-order valence-corrected chi connectivity index (χ0v) is 14.2. The lowest BCUT2D eigenvalue weighted by molar-refractivity contribution is 0.414. The van der Waals surface area contributed by atoms with Gasteiger partial charge in [-0.1, -0.05) is 29.3 Å². The van der Waals surface area contributed by atoms with Crippen molar-refractivity contribution in [1.29, 1.82) is 0 Å². The lowest BCUT2D eigenvalue weighted by Crippen LogP contribution is -2.26. The van der Waals surface area contributed by atoms with E-state index in [1.807, 2.05) is 0 Å². The van der Waals surface area contributed by atoms with E-state index in [4.69, 9.17) is 27.9 Å². The molecule has 0 aliphatic heterocycles. The Labute approximate surface area is 140 Å². The average Bonchev–Trinajstić information content (AvgIpc) is 2.49. The van der Waals surface area contributed by atoms with Gasteiger partial charge < -0.3 is 4.74 Å². The van der Waals surface area contributed by atoms with Crippen molar-refractivity contribution in [2.24, 2.45) is 0 Å². The van der Waals surface area contributed by atoms with Crippen LogP contribution in [0.3, 0.4) is 0 Å². The topological polar surface area (TPSA) is 55.4 Å². The molecule has 0 atom stereocenters. The third kappa shape index (κ3) is 4.36. The quantitative estimate of drug-likeness (QED) is 0.858. The number of sulfonamides is 1. The normalized spacial score (nSPS) is 11.4. The molecule has 0 fully saturated rings. The van der Waals surface area contributed by atoms with Gasteiger partial charge in [0.15, 0.2) is 0 Å². The highest BCUT2D eigenvalue weighted by Gasteiger charge is 2.13. The van der Waals surface area contributed by atoms with E-state index in [0.29, 0.717) is 22.2 Å². The van der Waals surface area contributed by atoms with Crippen LogP contribution in [0.1, 0.15) is 5.56 Å². The van der Waals surface area contributed by atoms with E-state index in [0.717, 1.165) is 5.56 Å². The smallest absolute Gasteiger partial charge is 0.240 e. The van der Waals surface area contributed by atoms with Crippen LogP contribution in [0.4, 0.5) is 0 Å². The van der Waals surface area contributed by atoms with Crippen molar-refractivity contribution in [1.82, 2.24) is 4.72 Å². The molecule has 1 N–H and O–H groups in total. The largest absolute Gasteiger partial charge is 0.497 e. The molecule has 0 aliphatic carbocycles. The summed E-state index contributed by atoms with van der Waals surface area (Å²) in [6.45, 7) is 0.246. The monoisotopic (exact) mass is 359 g/mol. The first kappa shape index (κ1) is 17.1. The van der Waals surface area contributed by atoms with E-state index in [1.54, 1.807) is 30.3 Å². The molecule has 0 bridgehead atoms. The summed E-state index contributed by atoms with van der Waals surface area (Å²) < 4.78 is 31.9. The Kier molecular flexibility index (Phi) is 5.69. The second-order valence-electron chi connectivity index (χ2n) is 4.56. The highest BCUT2D eigenvalue weighted by Crippen LogP contribution is 2.21. The average molecular weight is 360 g/mol. The Hall–Kier alpha value is -1.27. The number of halogens is 2. The van der Waals surface area contributed by atoms with Gasteiger partial charge in [-0.05, 0) is 48.4 Å². The standard InChI is InChI=1S/C15H15Cl2NO3S/c1-21-13-4-6-14(7-5-13)22(19,20)18-9-8-11-2-3-12(16)10-15(11)17/h2-7,10,18H,8-9H2,1H3. The maximum atomic E-state index is 12.2.